The number of rotatable bonds is 5. The molecule has 2 rings (SSSR count). The van der Waals surface area contributed by atoms with Crippen LogP contribution in [0.3, 0.4) is 0 Å². The number of aromatic nitrogens is 2. The second kappa shape index (κ2) is 5.26. The molecule has 0 bridgehead atoms. The van der Waals surface area contributed by atoms with Gasteiger partial charge in [0.15, 0.2) is 0 Å². The van der Waals surface area contributed by atoms with E-state index in [2.05, 4.69) is 15.5 Å². The third-order valence-corrected chi connectivity index (χ3v) is 2.15. The highest BCUT2D eigenvalue weighted by atomic mass is 16.5. The summed E-state index contributed by atoms with van der Waals surface area (Å²) in [5.74, 6) is 0. The van der Waals surface area contributed by atoms with Gasteiger partial charge in [-0.15, -0.1) is 0 Å². The van der Waals surface area contributed by atoms with E-state index in [1.54, 1.807) is 12.5 Å². The normalized spacial score (nSPS) is 10.4. The summed E-state index contributed by atoms with van der Waals surface area (Å²) in [6.45, 7) is 1.74. The fourth-order valence-electron chi connectivity index (χ4n) is 1.33. The molecule has 0 aliphatic carbocycles. The Kier molecular flexibility index (Phi) is 3.46. The second-order valence-electron chi connectivity index (χ2n) is 3.31. The molecular weight excluding hydrogens is 190 g/mol. The van der Waals surface area contributed by atoms with Crippen molar-refractivity contribution in [3.05, 3.63) is 48.1 Å². The minimum absolute atomic E-state index is 0.800. The summed E-state index contributed by atoms with van der Waals surface area (Å²) in [4.78, 5) is 3.97. The predicted octanol–water partition coefficient (Wildman–Crippen LogP) is 1.40. The van der Waals surface area contributed by atoms with Gasteiger partial charge in [0, 0.05) is 24.5 Å². The molecule has 0 unspecified atom stereocenters. The summed E-state index contributed by atoms with van der Waals surface area (Å²) in [6.07, 6.45) is 8.01. The maximum atomic E-state index is 4.73. The molecule has 0 fully saturated rings. The van der Waals surface area contributed by atoms with Crippen LogP contribution in [0, 0.1) is 0 Å². The minimum atomic E-state index is 0.800. The Labute approximate surface area is 88.3 Å². The lowest BCUT2D eigenvalue weighted by atomic mass is 10.2. The van der Waals surface area contributed by atoms with Crippen LogP contribution in [0.5, 0.6) is 0 Å². The number of hydrogen-bond acceptors (Lipinski definition) is 4. The Morgan fingerprint density at radius 2 is 2.07 bits per heavy atom. The van der Waals surface area contributed by atoms with Crippen LogP contribution in [0.25, 0.3) is 0 Å². The minimum Gasteiger partial charge on any atom is -0.364 e. The third kappa shape index (κ3) is 3.18. The molecule has 0 aliphatic heterocycles. The van der Waals surface area contributed by atoms with Gasteiger partial charge < -0.3 is 9.84 Å². The van der Waals surface area contributed by atoms with Crippen LogP contribution in [0.2, 0.25) is 0 Å². The molecule has 4 nitrogen and oxygen atoms in total. The molecule has 2 aromatic rings. The predicted molar refractivity (Wildman–Crippen MR) is 56.2 cm³/mol. The van der Waals surface area contributed by atoms with Gasteiger partial charge in [-0.25, -0.2) is 0 Å². The number of nitrogens with zero attached hydrogens (tertiary/aromatic N) is 2. The van der Waals surface area contributed by atoms with Gasteiger partial charge in [-0.1, -0.05) is 5.16 Å². The van der Waals surface area contributed by atoms with E-state index in [4.69, 9.17) is 4.52 Å². The highest BCUT2D eigenvalue weighted by molar-refractivity contribution is 5.10. The first-order valence-corrected chi connectivity index (χ1v) is 4.93. The Balaban J connectivity index is 1.68. The van der Waals surface area contributed by atoms with E-state index in [1.165, 1.54) is 5.56 Å². The second-order valence-corrected chi connectivity index (χ2v) is 3.31. The van der Waals surface area contributed by atoms with Crippen molar-refractivity contribution >= 4 is 0 Å². The van der Waals surface area contributed by atoms with Gasteiger partial charge in [-0.2, -0.15) is 0 Å². The monoisotopic (exact) mass is 203 g/mol. The van der Waals surface area contributed by atoms with Gasteiger partial charge >= 0.3 is 0 Å². The molecule has 0 atom stereocenters. The summed E-state index contributed by atoms with van der Waals surface area (Å²) in [7, 11) is 0. The molecule has 0 radical (unpaired) electrons. The highest BCUT2D eigenvalue weighted by Gasteiger charge is 1.95. The van der Waals surface area contributed by atoms with Gasteiger partial charge in [0.05, 0.1) is 6.20 Å². The molecule has 0 aliphatic rings. The zero-order valence-corrected chi connectivity index (χ0v) is 8.39. The molecule has 0 saturated carbocycles. The molecule has 0 saturated heterocycles. The van der Waals surface area contributed by atoms with Gasteiger partial charge in [-0.05, 0) is 30.7 Å². The van der Waals surface area contributed by atoms with E-state index in [9.17, 15) is 0 Å². The van der Waals surface area contributed by atoms with Gasteiger partial charge in [-0.3, -0.25) is 4.98 Å². The van der Waals surface area contributed by atoms with Crippen molar-refractivity contribution in [1.82, 2.24) is 15.5 Å². The zero-order chi connectivity index (χ0) is 10.3. The quantitative estimate of drug-likeness (QED) is 0.746. The molecule has 0 amide bonds. The average molecular weight is 203 g/mol. The van der Waals surface area contributed by atoms with Crippen molar-refractivity contribution in [2.75, 3.05) is 6.54 Å². The van der Waals surface area contributed by atoms with Crippen molar-refractivity contribution in [3.63, 3.8) is 0 Å². The van der Waals surface area contributed by atoms with Gasteiger partial charge in [0.1, 0.15) is 6.26 Å². The SMILES string of the molecule is c1cc(CCNCc2cnoc2)ccn1. The van der Waals surface area contributed by atoms with Crippen molar-refractivity contribution < 1.29 is 4.52 Å². The molecule has 0 aromatic carbocycles. The fraction of sp³-hybridized carbons (Fsp3) is 0.273. The Hall–Kier alpha value is -1.68. The van der Waals surface area contributed by atoms with Crippen LogP contribution in [-0.2, 0) is 13.0 Å². The van der Waals surface area contributed by atoms with Crippen molar-refractivity contribution in [1.29, 1.82) is 0 Å². The number of hydrogen-bond donors (Lipinski definition) is 1. The van der Waals surface area contributed by atoms with Crippen molar-refractivity contribution in [2.24, 2.45) is 0 Å². The summed E-state index contributed by atoms with van der Waals surface area (Å²) < 4.78 is 4.73. The Bertz CT molecular complexity index is 372. The van der Waals surface area contributed by atoms with Crippen LogP contribution in [0.15, 0.2) is 41.5 Å². The van der Waals surface area contributed by atoms with E-state index in [-0.39, 0.29) is 0 Å². The third-order valence-electron chi connectivity index (χ3n) is 2.15. The molecule has 1 N–H and O–H groups in total. The molecule has 2 heterocycles. The summed E-state index contributed by atoms with van der Waals surface area (Å²) in [5.41, 5.74) is 2.37. The smallest absolute Gasteiger partial charge is 0.128 e. The van der Waals surface area contributed by atoms with Gasteiger partial charge in [0.25, 0.3) is 0 Å². The van der Waals surface area contributed by atoms with E-state index in [0.29, 0.717) is 0 Å². The lowest BCUT2D eigenvalue weighted by Gasteiger charge is -2.02. The van der Waals surface area contributed by atoms with Crippen molar-refractivity contribution in [2.45, 2.75) is 13.0 Å². The number of nitrogens with one attached hydrogen (secondary N) is 1. The fourth-order valence-corrected chi connectivity index (χ4v) is 1.33. The molecule has 4 heteroatoms. The van der Waals surface area contributed by atoms with E-state index in [1.807, 2.05) is 24.5 Å². The van der Waals surface area contributed by atoms with Crippen molar-refractivity contribution in [3.8, 4) is 0 Å². The Morgan fingerprint density at radius 1 is 1.20 bits per heavy atom. The first-order chi connectivity index (χ1) is 7.45. The lowest BCUT2D eigenvalue weighted by Crippen LogP contribution is -2.16. The summed E-state index contributed by atoms with van der Waals surface area (Å²) >= 11 is 0. The van der Waals surface area contributed by atoms with Gasteiger partial charge in [0.2, 0.25) is 0 Å². The maximum absolute atomic E-state index is 4.73. The van der Waals surface area contributed by atoms with Crippen LogP contribution in [0.1, 0.15) is 11.1 Å². The van der Waals surface area contributed by atoms with E-state index >= 15 is 0 Å². The summed E-state index contributed by atoms with van der Waals surface area (Å²) in [5, 5.41) is 6.95. The average Bonchev–Trinajstić information content (AvgIpc) is 2.79. The van der Waals surface area contributed by atoms with Crippen LogP contribution in [0.4, 0.5) is 0 Å². The standard InChI is InChI=1S/C11H13N3O/c1-4-12-5-2-10(1)3-6-13-7-11-8-14-15-9-11/h1-2,4-5,8-9,13H,3,6-7H2. The summed E-state index contributed by atoms with van der Waals surface area (Å²) in [6, 6.07) is 4.06. The molecule has 2 aromatic heterocycles. The van der Waals surface area contributed by atoms with E-state index in [0.717, 1.165) is 25.1 Å². The lowest BCUT2D eigenvalue weighted by molar-refractivity contribution is 0.418. The van der Waals surface area contributed by atoms with Crippen LogP contribution in [-0.4, -0.2) is 16.7 Å². The van der Waals surface area contributed by atoms with Crippen LogP contribution < -0.4 is 5.32 Å². The molecule has 15 heavy (non-hydrogen) atoms. The van der Waals surface area contributed by atoms with E-state index < -0.39 is 0 Å². The first-order valence-electron chi connectivity index (χ1n) is 4.93. The van der Waals surface area contributed by atoms with Crippen LogP contribution >= 0.6 is 0 Å². The number of pyridine rings is 1. The molecule has 0 spiro atoms. The topological polar surface area (TPSA) is 51.0 Å². The zero-order valence-electron chi connectivity index (χ0n) is 8.39. The Morgan fingerprint density at radius 3 is 2.80 bits per heavy atom. The molecular formula is C11H13N3O. The molecule has 78 valence electrons. The first kappa shape index (κ1) is 9.86. The maximum Gasteiger partial charge on any atom is 0.128 e. The highest BCUT2D eigenvalue weighted by Crippen LogP contribution is 1.98. The largest absolute Gasteiger partial charge is 0.364 e.